The molecular formula is C23H32N2O4. The van der Waals surface area contributed by atoms with Crippen molar-refractivity contribution in [3.63, 3.8) is 0 Å². The lowest BCUT2D eigenvalue weighted by molar-refractivity contribution is -0.246. The van der Waals surface area contributed by atoms with E-state index in [0.717, 1.165) is 24.8 Å². The first-order valence-corrected chi connectivity index (χ1v) is 10.8. The summed E-state index contributed by atoms with van der Waals surface area (Å²) in [6, 6.07) is 9.81. The van der Waals surface area contributed by atoms with Gasteiger partial charge in [0.2, 0.25) is 11.8 Å². The van der Waals surface area contributed by atoms with Crippen LogP contribution in [0.5, 0.6) is 0 Å². The van der Waals surface area contributed by atoms with E-state index in [1.165, 1.54) is 0 Å². The molecule has 0 saturated heterocycles. The zero-order valence-corrected chi connectivity index (χ0v) is 16.8. The summed E-state index contributed by atoms with van der Waals surface area (Å²) in [6.07, 6.45) is 4.11. The number of carbonyl (C=O) groups is 2. The summed E-state index contributed by atoms with van der Waals surface area (Å²) in [7, 11) is 0. The van der Waals surface area contributed by atoms with Crippen LogP contribution >= 0.6 is 0 Å². The highest BCUT2D eigenvalue weighted by molar-refractivity contribution is 5.86. The summed E-state index contributed by atoms with van der Waals surface area (Å²) in [5.74, 6) is -1.58. The Kier molecular flexibility index (Phi) is 5.20. The van der Waals surface area contributed by atoms with Crippen molar-refractivity contribution < 1.29 is 19.8 Å². The van der Waals surface area contributed by atoms with E-state index in [9.17, 15) is 19.8 Å². The molecule has 6 N–H and O–H groups in total. The van der Waals surface area contributed by atoms with Gasteiger partial charge in [-0.3, -0.25) is 9.59 Å². The molecule has 4 fully saturated rings. The number of nitrogens with two attached hydrogens (primary N) is 2. The monoisotopic (exact) mass is 400 g/mol. The lowest BCUT2D eigenvalue weighted by Gasteiger charge is -2.65. The second kappa shape index (κ2) is 7.40. The maximum absolute atomic E-state index is 12.6. The Hall–Kier alpha value is -1.92. The number of hydrogen-bond acceptors (Lipinski definition) is 4. The van der Waals surface area contributed by atoms with Gasteiger partial charge in [0.05, 0.1) is 23.0 Å². The van der Waals surface area contributed by atoms with Crippen molar-refractivity contribution in [2.45, 2.75) is 63.1 Å². The molecule has 3 unspecified atom stereocenters. The van der Waals surface area contributed by atoms with Crippen LogP contribution in [-0.4, -0.2) is 33.7 Å². The average Bonchev–Trinajstić information content (AvgIpc) is 2.68. The van der Waals surface area contributed by atoms with Crippen LogP contribution in [0.3, 0.4) is 0 Å². The van der Waals surface area contributed by atoms with Crippen molar-refractivity contribution in [1.82, 2.24) is 0 Å². The molecule has 6 nitrogen and oxygen atoms in total. The normalized spacial score (nSPS) is 37.2. The number of aliphatic hydroxyl groups excluding tert-OH is 1. The van der Waals surface area contributed by atoms with Crippen molar-refractivity contribution in [1.29, 1.82) is 0 Å². The summed E-state index contributed by atoms with van der Waals surface area (Å²) < 4.78 is 0. The van der Waals surface area contributed by atoms with Crippen molar-refractivity contribution >= 4 is 11.8 Å². The molecule has 158 valence electrons. The van der Waals surface area contributed by atoms with E-state index in [1.54, 1.807) is 0 Å². The predicted octanol–water partition coefficient (Wildman–Crippen LogP) is 1.51. The topological polar surface area (TPSA) is 127 Å². The van der Waals surface area contributed by atoms with Crippen molar-refractivity contribution in [3.8, 4) is 0 Å². The molecule has 4 saturated carbocycles. The molecule has 4 aliphatic carbocycles. The fourth-order valence-electron chi connectivity index (χ4n) is 6.94. The van der Waals surface area contributed by atoms with Gasteiger partial charge in [-0.1, -0.05) is 30.3 Å². The fraction of sp³-hybridized carbons (Fsp3) is 0.652. The Morgan fingerprint density at radius 3 is 2.24 bits per heavy atom. The number of rotatable bonds is 8. The van der Waals surface area contributed by atoms with Gasteiger partial charge < -0.3 is 21.7 Å². The van der Waals surface area contributed by atoms with Crippen molar-refractivity contribution in [2.24, 2.45) is 40.6 Å². The highest BCUT2D eigenvalue weighted by atomic mass is 16.3. The largest absolute Gasteiger partial charge is 0.393 e. The molecule has 1 aromatic carbocycles. The molecule has 6 heteroatoms. The minimum atomic E-state index is -1.56. The van der Waals surface area contributed by atoms with E-state index in [1.807, 2.05) is 30.3 Å². The van der Waals surface area contributed by atoms with Gasteiger partial charge in [-0.05, 0) is 74.7 Å². The maximum atomic E-state index is 12.6. The first-order chi connectivity index (χ1) is 13.8. The summed E-state index contributed by atoms with van der Waals surface area (Å²) in [6.45, 7) is 0. The molecule has 0 aliphatic heterocycles. The number of aliphatic hydroxyl groups is 2. The van der Waals surface area contributed by atoms with E-state index in [4.69, 9.17) is 11.5 Å². The van der Waals surface area contributed by atoms with Gasteiger partial charge in [0, 0.05) is 0 Å². The molecule has 4 bridgehead atoms. The van der Waals surface area contributed by atoms with Crippen molar-refractivity contribution in [2.75, 3.05) is 0 Å². The minimum absolute atomic E-state index is 0.0551. The van der Waals surface area contributed by atoms with Crippen LogP contribution in [0.4, 0.5) is 0 Å². The van der Waals surface area contributed by atoms with Gasteiger partial charge in [0.25, 0.3) is 0 Å². The van der Waals surface area contributed by atoms with Crippen LogP contribution < -0.4 is 11.5 Å². The van der Waals surface area contributed by atoms with E-state index < -0.39 is 34.9 Å². The maximum Gasteiger partial charge on any atom is 0.226 e. The standard InChI is InChI=1S/C23H32N2O4/c24-20(27)19(11-18(26)7-6-14-4-2-1-3-5-14)23(29)17-9-15-8-16(10-17)13-22(23,12-15)21(25)28/h1-5,15-19,26,29H,6-13H2,(H2,24,27)(H2,25,28)/t15?,16?,17?,18-,19+,22?,23?/m0/s1. The predicted molar refractivity (Wildman–Crippen MR) is 108 cm³/mol. The first-order valence-electron chi connectivity index (χ1n) is 10.8. The molecule has 0 spiro atoms. The zero-order chi connectivity index (χ0) is 20.8. The van der Waals surface area contributed by atoms with Gasteiger partial charge in [0.1, 0.15) is 0 Å². The van der Waals surface area contributed by atoms with E-state index in [2.05, 4.69) is 0 Å². The second-order valence-corrected chi connectivity index (χ2v) is 9.68. The average molecular weight is 401 g/mol. The Balaban J connectivity index is 1.57. The zero-order valence-electron chi connectivity index (χ0n) is 16.8. The number of benzene rings is 1. The summed E-state index contributed by atoms with van der Waals surface area (Å²) in [5, 5.41) is 22.6. The number of carbonyl (C=O) groups excluding carboxylic acids is 2. The Labute approximate surface area is 171 Å². The number of amides is 2. The van der Waals surface area contributed by atoms with Gasteiger partial charge >= 0.3 is 0 Å². The summed E-state index contributed by atoms with van der Waals surface area (Å²) in [5.41, 5.74) is 10.0. The van der Waals surface area contributed by atoms with E-state index >= 15 is 0 Å². The van der Waals surface area contributed by atoms with Crippen molar-refractivity contribution in [3.05, 3.63) is 35.9 Å². The molecule has 2 amide bonds. The van der Waals surface area contributed by atoms with Gasteiger partial charge in [-0.2, -0.15) is 0 Å². The van der Waals surface area contributed by atoms with E-state index in [-0.39, 0.29) is 12.3 Å². The molecule has 29 heavy (non-hydrogen) atoms. The second-order valence-electron chi connectivity index (χ2n) is 9.68. The van der Waals surface area contributed by atoms with Gasteiger partial charge in [-0.25, -0.2) is 0 Å². The Morgan fingerprint density at radius 2 is 1.69 bits per heavy atom. The van der Waals surface area contributed by atoms with Crippen LogP contribution in [-0.2, 0) is 16.0 Å². The molecule has 0 aromatic heterocycles. The van der Waals surface area contributed by atoms with Crippen LogP contribution in [0.25, 0.3) is 0 Å². The fourth-order valence-corrected chi connectivity index (χ4v) is 6.94. The molecule has 0 heterocycles. The Bertz CT molecular complexity index is 768. The molecule has 1 aromatic rings. The summed E-state index contributed by atoms with van der Waals surface area (Å²) in [4.78, 5) is 25.1. The quantitative estimate of drug-likeness (QED) is 0.527. The highest BCUT2D eigenvalue weighted by Crippen LogP contribution is 2.66. The number of hydrogen-bond donors (Lipinski definition) is 4. The van der Waals surface area contributed by atoms with Crippen LogP contribution in [0.1, 0.15) is 50.5 Å². The van der Waals surface area contributed by atoms with Crippen LogP contribution in [0, 0.1) is 29.1 Å². The molecule has 5 rings (SSSR count). The molecule has 0 radical (unpaired) electrons. The lowest BCUT2D eigenvalue weighted by atomic mass is 9.40. The van der Waals surface area contributed by atoms with E-state index in [0.29, 0.717) is 37.5 Å². The lowest BCUT2D eigenvalue weighted by Crippen LogP contribution is -2.73. The van der Waals surface area contributed by atoms with Gasteiger partial charge in [0.15, 0.2) is 0 Å². The van der Waals surface area contributed by atoms with Gasteiger partial charge in [-0.15, -0.1) is 0 Å². The third kappa shape index (κ3) is 3.26. The highest BCUT2D eigenvalue weighted by Gasteiger charge is 2.70. The third-order valence-electron chi connectivity index (χ3n) is 8.03. The number of aryl methyl sites for hydroxylation is 1. The Morgan fingerprint density at radius 1 is 1.07 bits per heavy atom. The third-order valence-corrected chi connectivity index (χ3v) is 8.03. The molecule has 4 aliphatic rings. The smallest absolute Gasteiger partial charge is 0.226 e. The number of primary amides is 2. The molecular weight excluding hydrogens is 368 g/mol. The molecule has 5 atom stereocenters. The SMILES string of the molecule is NC(=O)[C@@H](C[C@@H](O)CCc1ccccc1)C1(O)C2CC3CC(C2)CC1(C(N)=O)C3. The van der Waals surface area contributed by atoms with Crippen LogP contribution in [0.15, 0.2) is 30.3 Å². The van der Waals surface area contributed by atoms with Crippen LogP contribution in [0.2, 0.25) is 0 Å². The first kappa shape index (κ1) is 20.4. The minimum Gasteiger partial charge on any atom is -0.393 e. The summed E-state index contributed by atoms with van der Waals surface area (Å²) >= 11 is 0.